The van der Waals surface area contributed by atoms with Gasteiger partial charge in [-0.2, -0.15) is 4.65 Å². The van der Waals surface area contributed by atoms with Gasteiger partial charge in [0.15, 0.2) is 0 Å². The van der Waals surface area contributed by atoms with E-state index in [1.807, 2.05) is 6.92 Å². The van der Waals surface area contributed by atoms with Crippen LogP contribution >= 0.6 is 0 Å². The van der Waals surface area contributed by atoms with E-state index in [9.17, 15) is 9.69 Å². The van der Waals surface area contributed by atoms with Gasteiger partial charge in [0.1, 0.15) is 19.6 Å². The summed E-state index contributed by atoms with van der Waals surface area (Å²) in [5, 5.41) is 10.5. The van der Waals surface area contributed by atoms with Gasteiger partial charge >= 0.3 is 0 Å². The van der Waals surface area contributed by atoms with E-state index in [0.29, 0.717) is 26.2 Å². The minimum atomic E-state index is 0.0525. The van der Waals surface area contributed by atoms with Crippen LogP contribution in [0.3, 0.4) is 0 Å². The molecule has 0 saturated carbocycles. The first-order valence-corrected chi connectivity index (χ1v) is 4.16. The molecule has 1 fully saturated rings. The largest absolute Gasteiger partial charge is 0.217 e. The van der Waals surface area contributed by atoms with Crippen molar-refractivity contribution in [3.05, 3.63) is 0 Å². The molecule has 1 aliphatic heterocycles. The van der Waals surface area contributed by atoms with E-state index in [1.165, 1.54) is 0 Å². The molecule has 3 nitrogen and oxygen atoms in total. The number of halogens is 1. The summed E-state index contributed by atoms with van der Waals surface area (Å²) in [4.78, 5) is 0. The Morgan fingerprint density at radius 3 is 2.45 bits per heavy atom. The topological polar surface area (TPSA) is 23.5 Å². The van der Waals surface area contributed by atoms with Gasteiger partial charge in [-0.05, 0) is 6.42 Å². The number of nitrogens with zero attached hydrogens (tertiary/aromatic N) is 2. The van der Waals surface area contributed by atoms with Crippen molar-refractivity contribution in [2.24, 2.45) is 0 Å². The lowest BCUT2D eigenvalue weighted by Crippen LogP contribution is -2.56. The molecule has 0 radical (unpaired) electrons. The van der Waals surface area contributed by atoms with Gasteiger partial charge in [-0.25, -0.2) is 5.21 Å². The highest BCUT2D eigenvalue weighted by Crippen LogP contribution is 2.10. The summed E-state index contributed by atoms with van der Waals surface area (Å²) < 4.78 is 12.5. The summed E-state index contributed by atoms with van der Waals surface area (Å²) in [5.41, 5.74) is 0. The molecule has 1 heterocycles. The van der Waals surface area contributed by atoms with E-state index in [2.05, 4.69) is 0 Å². The summed E-state index contributed by atoms with van der Waals surface area (Å²) in [7, 11) is 0. The average molecular weight is 163 g/mol. The molecule has 0 bridgehead atoms. The quantitative estimate of drug-likeness (QED) is 0.481. The monoisotopic (exact) mass is 163 g/mol. The normalized spacial score (nSPS) is 25.4. The molecule has 1 aliphatic rings. The molecular formula is C7H16FN2O+. The molecule has 66 valence electrons. The van der Waals surface area contributed by atoms with Crippen molar-refractivity contribution in [3.8, 4) is 0 Å². The minimum absolute atomic E-state index is 0.0525. The Morgan fingerprint density at radius 2 is 2.00 bits per heavy atom. The van der Waals surface area contributed by atoms with E-state index in [0.717, 1.165) is 18.1 Å². The lowest BCUT2D eigenvalue weighted by Gasteiger charge is -2.35. The summed E-state index contributed by atoms with van der Waals surface area (Å²) in [6.45, 7) is 4.52. The fourth-order valence-electron chi connectivity index (χ4n) is 1.45. The van der Waals surface area contributed by atoms with Crippen LogP contribution in [0.25, 0.3) is 0 Å². The number of hydrogen-bond donors (Lipinski definition) is 1. The first kappa shape index (κ1) is 8.90. The summed E-state index contributed by atoms with van der Waals surface area (Å²) in [6.07, 6.45) is 0.947. The highest BCUT2D eigenvalue weighted by Gasteiger charge is 2.30. The van der Waals surface area contributed by atoms with E-state index in [1.54, 1.807) is 0 Å². The zero-order valence-corrected chi connectivity index (χ0v) is 6.96. The smallest absolute Gasteiger partial charge is 0.124 e. The van der Waals surface area contributed by atoms with Gasteiger partial charge in [0.2, 0.25) is 0 Å². The van der Waals surface area contributed by atoms with Crippen LogP contribution in [0.2, 0.25) is 0 Å². The van der Waals surface area contributed by atoms with Crippen LogP contribution < -0.4 is 0 Å². The molecule has 0 amide bonds. The second kappa shape index (κ2) is 3.47. The van der Waals surface area contributed by atoms with Gasteiger partial charge in [0.25, 0.3) is 0 Å². The Morgan fingerprint density at radius 1 is 1.45 bits per heavy atom. The highest BCUT2D eigenvalue weighted by atomic mass is 19.2. The number of quaternary nitrogens is 1. The molecule has 0 aromatic rings. The average Bonchev–Trinajstić information content (AvgIpc) is 1.97. The Balaban J connectivity index is 2.35. The first-order valence-electron chi connectivity index (χ1n) is 4.16. The van der Waals surface area contributed by atoms with Crippen molar-refractivity contribution < 1.29 is 14.3 Å². The zero-order chi connectivity index (χ0) is 8.32. The SMILES string of the molecule is CCC[N+]1(O)CCN(F)CC1. The molecule has 0 aromatic heterocycles. The van der Waals surface area contributed by atoms with Gasteiger partial charge in [0, 0.05) is 0 Å². The Labute approximate surface area is 66.5 Å². The predicted molar refractivity (Wildman–Crippen MR) is 39.6 cm³/mol. The van der Waals surface area contributed by atoms with Gasteiger partial charge in [-0.1, -0.05) is 6.92 Å². The van der Waals surface area contributed by atoms with Crippen LogP contribution in [-0.2, 0) is 0 Å². The zero-order valence-electron chi connectivity index (χ0n) is 6.96. The van der Waals surface area contributed by atoms with E-state index < -0.39 is 0 Å². The molecule has 0 unspecified atom stereocenters. The van der Waals surface area contributed by atoms with Crippen molar-refractivity contribution >= 4 is 0 Å². The lowest BCUT2D eigenvalue weighted by molar-refractivity contribution is -1.10. The van der Waals surface area contributed by atoms with Crippen molar-refractivity contribution in [1.82, 2.24) is 5.12 Å². The third-order valence-corrected chi connectivity index (χ3v) is 2.16. The second-order valence-electron chi connectivity index (χ2n) is 3.18. The number of hydroxylamine groups is 3. The van der Waals surface area contributed by atoms with Gasteiger partial charge in [0.05, 0.1) is 13.1 Å². The third-order valence-electron chi connectivity index (χ3n) is 2.16. The maximum Gasteiger partial charge on any atom is 0.124 e. The minimum Gasteiger partial charge on any atom is -0.217 e. The summed E-state index contributed by atoms with van der Waals surface area (Å²) in [6, 6.07) is 0. The third kappa shape index (κ3) is 2.39. The fourth-order valence-corrected chi connectivity index (χ4v) is 1.45. The molecule has 0 spiro atoms. The molecular weight excluding hydrogens is 147 g/mol. The maximum absolute atomic E-state index is 12.5. The maximum atomic E-state index is 12.5. The van der Waals surface area contributed by atoms with E-state index >= 15 is 0 Å². The summed E-state index contributed by atoms with van der Waals surface area (Å²) >= 11 is 0. The molecule has 0 aromatic carbocycles. The van der Waals surface area contributed by atoms with Crippen molar-refractivity contribution in [2.45, 2.75) is 13.3 Å². The number of rotatable bonds is 2. The standard InChI is InChI=1S/C7H16FN2O/c1-2-5-10(11)6-3-9(8)4-7-10/h11H,2-7H2,1H3/q+1. The molecule has 4 heteroatoms. The highest BCUT2D eigenvalue weighted by molar-refractivity contribution is 4.51. The van der Waals surface area contributed by atoms with Gasteiger partial charge in [-0.3, -0.25) is 0 Å². The Bertz CT molecular complexity index is 124. The van der Waals surface area contributed by atoms with Crippen molar-refractivity contribution in [1.29, 1.82) is 0 Å². The summed E-state index contributed by atoms with van der Waals surface area (Å²) in [5.74, 6) is 0. The van der Waals surface area contributed by atoms with Crippen LogP contribution in [0.15, 0.2) is 0 Å². The molecule has 1 rings (SSSR count). The molecule has 11 heavy (non-hydrogen) atoms. The van der Waals surface area contributed by atoms with Crippen molar-refractivity contribution in [3.63, 3.8) is 0 Å². The van der Waals surface area contributed by atoms with Crippen LogP contribution in [0.1, 0.15) is 13.3 Å². The van der Waals surface area contributed by atoms with E-state index in [-0.39, 0.29) is 4.65 Å². The predicted octanol–water partition coefficient (Wildman–Crippen LogP) is 0.802. The fraction of sp³-hybridized carbons (Fsp3) is 1.00. The molecule has 0 atom stereocenters. The number of piperazine rings is 1. The Hall–Kier alpha value is -0.190. The van der Waals surface area contributed by atoms with Crippen LogP contribution in [0, 0.1) is 0 Å². The lowest BCUT2D eigenvalue weighted by atomic mass is 10.3. The Kier molecular flexibility index (Phi) is 2.81. The molecule has 0 aliphatic carbocycles. The van der Waals surface area contributed by atoms with E-state index in [4.69, 9.17) is 0 Å². The van der Waals surface area contributed by atoms with Gasteiger partial charge in [-0.15, -0.1) is 9.60 Å². The second-order valence-corrected chi connectivity index (χ2v) is 3.18. The van der Waals surface area contributed by atoms with Gasteiger partial charge < -0.3 is 0 Å². The van der Waals surface area contributed by atoms with Crippen LogP contribution in [0.5, 0.6) is 0 Å². The molecule has 1 N–H and O–H groups in total. The van der Waals surface area contributed by atoms with Crippen LogP contribution in [0.4, 0.5) is 4.48 Å². The molecule has 1 saturated heterocycles. The van der Waals surface area contributed by atoms with Crippen molar-refractivity contribution in [2.75, 3.05) is 32.7 Å². The van der Waals surface area contributed by atoms with Crippen LogP contribution in [-0.4, -0.2) is 47.7 Å². The number of hydrogen-bond acceptors (Lipinski definition) is 2. The first-order chi connectivity index (χ1) is 5.16.